The average Bonchev–Trinajstić information content (AvgIpc) is 2.20. The van der Waals surface area contributed by atoms with Crippen LogP contribution >= 0.6 is 11.6 Å². The highest BCUT2D eigenvalue weighted by Gasteiger charge is 2.14. The van der Waals surface area contributed by atoms with Crippen LogP contribution in [0, 0.1) is 0 Å². The number of halogens is 1. The normalized spacial score (nSPS) is 22.5. The molecule has 13 heavy (non-hydrogen) atoms. The predicted octanol–water partition coefficient (Wildman–Crippen LogP) is 4.08. The molecule has 0 spiro atoms. The number of hydrogen-bond donors (Lipinski definition) is 0. The van der Waals surface area contributed by atoms with Crippen molar-refractivity contribution in [1.29, 1.82) is 0 Å². The molecule has 2 rings (SSSR count). The average molecular weight is 193 g/mol. The minimum absolute atomic E-state index is 0.684. The number of hydrogen-bond acceptors (Lipinski definition) is 0. The molecule has 1 aromatic carbocycles. The molecule has 1 atom stereocenters. The molecule has 1 heteroatoms. The Labute approximate surface area is 84.2 Å². The highest BCUT2D eigenvalue weighted by atomic mass is 35.5. The van der Waals surface area contributed by atoms with Gasteiger partial charge < -0.3 is 0 Å². The molecule has 0 aliphatic heterocycles. The molecule has 0 saturated carbocycles. The van der Waals surface area contributed by atoms with Crippen molar-refractivity contribution in [3.8, 4) is 0 Å². The maximum atomic E-state index is 5.93. The van der Waals surface area contributed by atoms with Crippen LogP contribution in [0.2, 0.25) is 0 Å². The standard InChI is InChI=1S/C12H13Cl/c13-12-8-6-11(7-9-12)10-4-2-1-3-5-10/h1-5,8,11H,6-7,9H2. The highest BCUT2D eigenvalue weighted by molar-refractivity contribution is 6.29. The Kier molecular flexibility index (Phi) is 2.70. The van der Waals surface area contributed by atoms with Crippen molar-refractivity contribution in [3.05, 3.63) is 47.0 Å². The largest absolute Gasteiger partial charge is 0.0895 e. The van der Waals surface area contributed by atoms with Crippen LogP contribution in [0.1, 0.15) is 30.7 Å². The van der Waals surface area contributed by atoms with E-state index in [1.54, 1.807) is 0 Å². The summed E-state index contributed by atoms with van der Waals surface area (Å²) < 4.78 is 0. The van der Waals surface area contributed by atoms with Crippen molar-refractivity contribution in [2.75, 3.05) is 0 Å². The Morgan fingerprint density at radius 3 is 2.54 bits per heavy atom. The molecule has 0 fully saturated rings. The Hall–Kier alpha value is -0.750. The zero-order valence-electron chi connectivity index (χ0n) is 7.54. The van der Waals surface area contributed by atoms with Crippen LogP contribution in [-0.2, 0) is 0 Å². The van der Waals surface area contributed by atoms with Crippen molar-refractivity contribution in [2.45, 2.75) is 25.2 Å². The van der Waals surface area contributed by atoms with Gasteiger partial charge in [0.1, 0.15) is 0 Å². The lowest BCUT2D eigenvalue weighted by Gasteiger charge is -2.19. The lowest BCUT2D eigenvalue weighted by atomic mass is 9.88. The Morgan fingerprint density at radius 1 is 1.15 bits per heavy atom. The molecule has 0 amide bonds. The predicted molar refractivity (Wildman–Crippen MR) is 57.0 cm³/mol. The lowest BCUT2D eigenvalue weighted by Crippen LogP contribution is -2.01. The summed E-state index contributed by atoms with van der Waals surface area (Å²) in [6.07, 6.45) is 5.49. The van der Waals surface area contributed by atoms with E-state index >= 15 is 0 Å². The fourth-order valence-corrected chi connectivity index (χ4v) is 2.03. The Bertz CT molecular complexity index is 300. The van der Waals surface area contributed by atoms with Crippen molar-refractivity contribution in [1.82, 2.24) is 0 Å². The Morgan fingerprint density at radius 2 is 1.92 bits per heavy atom. The second-order valence-corrected chi connectivity index (χ2v) is 4.02. The summed E-state index contributed by atoms with van der Waals surface area (Å²) in [5.74, 6) is 0.684. The van der Waals surface area contributed by atoms with Gasteiger partial charge in [0.05, 0.1) is 0 Å². The van der Waals surface area contributed by atoms with E-state index in [1.807, 2.05) is 0 Å². The molecular formula is C12H13Cl. The van der Waals surface area contributed by atoms with Gasteiger partial charge in [0, 0.05) is 5.03 Å². The molecule has 0 bridgehead atoms. The third-order valence-electron chi connectivity index (χ3n) is 2.63. The zero-order valence-corrected chi connectivity index (χ0v) is 8.30. The van der Waals surface area contributed by atoms with Gasteiger partial charge in [-0.05, 0) is 30.7 Å². The van der Waals surface area contributed by atoms with Gasteiger partial charge in [0.25, 0.3) is 0 Å². The van der Waals surface area contributed by atoms with E-state index in [0.717, 1.165) is 17.9 Å². The fourth-order valence-electron chi connectivity index (χ4n) is 1.83. The van der Waals surface area contributed by atoms with Crippen LogP contribution < -0.4 is 0 Å². The van der Waals surface area contributed by atoms with Crippen molar-refractivity contribution < 1.29 is 0 Å². The minimum Gasteiger partial charge on any atom is -0.0895 e. The maximum Gasteiger partial charge on any atom is 0.0141 e. The first-order chi connectivity index (χ1) is 6.36. The maximum absolute atomic E-state index is 5.93. The number of rotatable bonds is 1. The van der Waals surface area contributed by atoms with Gasteiger partial charge in [-0.15, -0.1) is 0 Å². The van der Waals surface area contributed by atoms with Crippen LogP contribution in [0.3, 0.4) is 0 Å². The van der Waals surface area contributed by atoms with Gasteiger partial charge in [-0.25, -0.2) is 0 Å². The van der Waals surface area contributed by atoms with Gasteiger partial charge in [-0.1, -0.05) is 48.0 Å². The summed E-state index contributed by atoms with van der Waals surface area (Å²) in [7, 11) is 0. The van der Waals surface area contributed by atoms with Crippen LogP contribution in [-0.4, -0.2) is 0 Å². The molecule has 1 aromatic rings. The molecule has 0 saturated heterocycles. The lowest BCUT2D eigenvalue weighted by molar-refractivity contribution is 0.611. The Balaban J connectivity index is 2.12. The summed E-state index contributed by atoms with van der Waals surface area (Å²) in [6, 6.07) is 10.7. The van der Waals surface area contributed by atoms with Gasteiger partial charge in [0.15, 0.2) is 0 Å². The zero-order chi connectivity index (χ0) is 9.10. The summed E-state index contributed by atoms with van der Waals surface area (Å²) in [4.78, 5) is 0. The van der Waals surface area contributed by atoms with Gasteiger partial charge in [-0.2, -0.15) is 0 Å². The monoisotopic (exact) mass is 192 g/mol. The second-order valence-electron chi connectivity index (χ2n) is 3.53. The molecule has 1 unspecified atom stereocenters. The van der Waals surface area contributed by atoms with E-state index < -0.39 is 0 Å². The van der Waals surface area contributed by atoms with Crippen LogP contribution in [0.15, 0.2) is 41.4 Å². The summed E-state index contributed by atoms with van der Waals surface area (Å²) >= 11 is 5.93. The molecule has 0 aromatic heterocycles. The third kappa shape index (κ3) is 2.13. The van der Waals surface area contributed by atoms with Crippen molar-refractivity contribution in [2.24, 2.45) is 0 Å². The third-order valence-corrected chi connectivity index (χ3v) is 2.97. The van der Waals surface area contributed by atoms with Crippen molar-refractivity contribution in [3.63, 3.8) is 0 Å². The van der Waals surface area contributed by atoms with E-state index in [-0.39, 0.29) is 0 Å². The van der Waals surface area contributed by atoms with Crippen LogP contribution in [0.5, 0.6) is 0 Å². The molecule has 1 aliphatic carbocycles. The molecule has 1 aliphatic rings. The van der Waals surface area contributed by atoms with E-state index in [4.69, 9.17) is 11.6 Å². The quantitative estimate of drug-likeness (QED) is 0.629. The van der Waals surface area contributed by atoms with E-state index in [2.05, 4.69) is 36.4 Å². The highest BCUT2D eigenvalue weighted by Crippen LogP contribution is 2.32. The first-order valence-electron chi connectivity index (χ1n) is 4.76. The van der Waals surface area contributed by atoms with Gasteiger partial charge in [0.2, 0.25) is 0 Å². The van der Waals surface area contributed by atoms with Gasteiger partial charge >= 0.3 is 0 Å². The van der Waals surface area contributed by atoms with E-state index in [0.29, 0.717) is 5.92 Å². The molecule has 0 heterocycles. The summed E-state index contributed by atoms with van der Waals surface area (Å²) in [5, 5.41) is 1.03. The summed E-state index contributed by atoms with van der Waals surface area (Å²) in [5.41, 5.74) is 1.45. The minimum atomic E-state index is 0.684. The van der Waals surface area contributed by atoms with E-state index in [9.17, 15) is 0 Å². The second kappa shape index (κ2) is 3.97. The smallest absolute Gasteiger partial charge is 0.0141 e. The topological polar surface area (TPSA) is 0 Å². The molecule has 0 radical (unpaired) electrons. The number of allylic oxidation sites excluding steroid dienone is 2. The van der Waals surface area contributed by atoms with Crippen LogP contribution in [0.25, 0.3) is 0 Å². The molecule has 0 N–H and O–H groups in total. The SMILES string of the molecule is ClC1=CCC(c2ccccc2)CC1. The van der Waals surface area contributed by atoms with Crippen molar-refractivity contribution >= 4 is 11.6 Å². The molecular weight excluding hydrogens is 180 g/mol. The van der Waals surface area contributed by atoms with Gasteiger partial charge in [-0.3, -0.25) is 0 Å². The number of benzene rings is 1. The fraction of sp³-hybridized carbons (Fsp3) is 0.333. The van der Waals surface area contributed by atoms with Crippen LogP contribution in [0.4, 0.5) is 0 Å². The molecule has 68 valence electrons. The first-order valence-corrected chi connectivity index (χ1v) is 5.13. The summed E-state index contributed by atoms with van der Waals surface area (Å²) in [6.45, 7) is 0. The van der Waals surface area contributed by atoms with E-state index in [1.165, 1.54) is 12.0 Å². The first kappa shape index (κ1) is 8.83. The molecule has 0 nitrogen and oxygen atoms in total.